The Labute approximate surface area is 103 Å². The monoisotopic (exact) mass is 287 g/mol. The van der Waals surface area contributed by atoms with Crippen molar-refractivity contribution in [1.82, 2.24) is 5.32 Å². The number of halogens is 2. The molecule has 1 aromatic carbocycles. The first-order valence-electron chi connectivity index (χ1n) is 5.46. The highest BCUT2D eigenvalue weighted by atomic mass is 79.9. The van der Waals surface area contributed by atoms with Crippen LogP contribution in [0, 0.1) is 5.82 Å². The Morgan fingerprint density at radius 2 is 2.38 bits per heavy atom. The van der Waals surface area contributed by atoms with E-state index in [2.05, 4.69) is 21.2 Å². The van der Waals surface area contributed by atoms with Gasteiger partial charge < -0.3 is 10.1 Å². The van der Waals surface area contributed by atoms with E-state index in [0.717, 1.165) is 29.4 Å². The summed E-state index contributed by atoms with van der Waals surface area (Å²) in [5.41, 5.74) is 0.969. The Bertz CT molecular complexity index is 378. The molecule has 2 nitrogen and oxygen atoms in total. The lowest BCUT2D eigenvalue weighted by molar-refractivity contribution is 0.407. The SMILES string of the molecule is COc1cc(F)cc(CC2CCCN2)c1Br. The Balaban J connectivity index is 2.21. The van der Waals surface area contributed by atoms with Crippen LogP contribution in [0.3, 0.4) is 0 Å². The fraction of sp³-hybridized carbons (Fsp3) is 0.500. The first kappa shape index (κ1) is 11.9. The van der Waals surface area contributed by atoms with Crippen LogP contribution in [-0.4, -0.2) is 19.7 Å². The molecule has 0 spiro atoms. The van der Waals surface area contributed by atoms with Crippen molar-refractivity contribution in [2.45, 2.75) is 25.3 Å². The molecule has 0 amide bonds. The van der Waals surface area contributed by atoms with E-state index in [-0.39, 0.29) is 5.82 Å². The van der Waals surface area contributed by atoms with E-state index in [9.17, 15) is 4.39 Å². The zero-order valence-corrected chi connectivity index (χ0v) is 10.8. The minimum absolute atomic E-state index is 0.243. The summed E-state index contributed by atoms with van der Waals surface area (Å²) in [5.74, 6) is 0.320. The van der Waals surface area contributed by atoms with Gasteiger partial charge in [0, 0.05) is 12.1 Å². The molecular formula is C12H15BrFNO. The number of hydrogen-bond donors (Lipinski definition) is 1. The summed E-state index contributed by atoms with van der Waals surface area (Å²) in [4.78, 5) is 0. The van der Waals surface area contributed by atoms with Crippen LogP contribution < -0.4 is 10.1 Å². The molecule has 88 valence electrons. The highest BCUT2D eigenvalue weighted by Gasteiger charge is 2.17. The summed E-state index contributed by atoms with van der Waals surface area (Å²) in [6.07, 6.45) is 3.20. The van der Waals surface area contributed by atoms with Gasteiger partial charge in [-0.2, -0.15) is 0 Å². The standard InChI is InChI=1S/C12H15BrFNO/c1-16-11-7-9(14)5-8(12(11)13)6-10-3-2-4-15-10/h5,7,10,15H,2-4,6H2,1H3. The van der Waals surface area contributed by atoms with Gasteiger partial charge in [0.1, 0.15) is 11.6 Å². The summed E-state index contributed by atoms with van der Waals surface area (Å²) in [5, 5.41) is 3.41. The van der Waals surface area contributed by atoms with Crippen molar-refractivity contribution in [2.24, 2.45) is 0 Å². The van der Waals surface area contributed by atoms with Gasteiger partial charge in [-0.25, -0.2) is 4.39 Å². The molecule has 1 atom stereocenters. The molecule has 1 aromatic rings. The molecule has 4 heteroatoms. The average molecular weight is 288 g/mol. The number of methoxy groups -OCH3 is 1. The maximum Gasteiger partial charge on any atom is 0.136 e. The molecule has 1 N–H and O–H groups in total. The Hall–Kier alpha value is -0.610. The number of ether oxygens (including phenoxy) is 1. The van der Waals surface area contributed by atoms with E-state index in [1.54, 1.807) is 13.2 Å². The quantitative estimate of drug-likeness (QED) is 0.923. The lowest BCUT2D eigenvalue weighted by atomic mass is 10.0. The second kappa shape index (κ2) is 5.15. The first-order chi connectivity index (χ1) is 7.70. The van der Waals surface area contributed by atoms with Crippen molar-refractivity contribution in [1.29, 1.82) is 0 Å². The minimum Gasteiger partial charge on any atom is -0.495 e. The minimum atomic E-state index is -0.243. The molecular weight excluding hydrogens is 273 g/mol. The van der Waals surface area contributed by atoms with Crippen LogP contribution in [0.25, 0.3) is 0 Å². The van der Waals surface area contributed by atoms with Crippen molar-refractivity contribution in [2.75, 3.05) is 13.7 Å². The van der Waals surface area contributed by atoms with Crippen LogP contribution >= 0.6 is 15.9 Å². The van der Waals surface area contributed by atoms with Crippen LogP contribution in [-0.2, 0) is 6.42 Å². The molecule has 0 radical (unpaired) electrons. The molecule has 0 saturated carbocycles. The first-order valence-corrected chi connectivity index (χ1v) is 6.25. The second-order valence-corrected chi connectivity index (χ2v) is 4.87. The van der Waals surface area contributed by atoms with Gasteiger partial charge in [0.25, 0.3) is 0 Å². The molecule has 1 heterocycles. The van der Waals surface area contributed by atoms with E-state index in [0.29, 0.717) is 11.8 Å². The number of nitrogens with one attached hydrogen (secondary N) is 1. The molecule has 0 aliphatic carbocycles. The van der Waals surface area contributed by atoms with Gasteiger partial charge in [-0.05, 0) is 53.4 Å². The molecule has 0 aromatic heterocycles. The number of benzene rings is 1. The topological polar surface area (TPSA) is 21.3 Å². The van der Waals surface area contributed by atoms with E-state index in [4.69, 9.17) is 4.74 Å². The largest absolute Gasteiger partial charge is 0.495 e. The van der Waals surface area contributed by atoms with Crippen LogP contribution in [0.15, 0.2) is 16.6 Å². The third-order valence-corrected chi connectivity index (χ3v) is 3.83. The van der Waals surface area contributed by atoms with Gasteiger partial charge in [-0.1, -0.05) is 0 Å². The van der Waals surface area contributed by atoms with Crippen LogP contribution in [0.5, 0.6) is 5.75 Å². The molecule has 1 fully saturated rings. The van der Waals surface area contributed by atoms with Gasteiger partial charge in [-0.15, -0.1) is 0 Å². The van der Waals surface area contributed by atoms with Crippen molar-refractivity contribution in [3.05, 3.63) is 28.0 Å². The van der Waals surface area contributed by atoms with Gasteiger partial charge in [-0.3, -0.25) is 0 Å². The molecule has 1 aliphatic heterocycles. The summed E-state index contributed by atoms with van der Waals surface area (Å²) < 4.78 is 19.3. The van der Waals surface area contributed by atoms with Crippen LogP contribution in [0.4, 0.5) is 4.39 Å². The molecule has 2 rings (SSSR count). The summed E-state index contributed by atoms with van der Waals surface area (Å²) in [7, 11) is 1.55. The van der Waals surface area contributed by atoms with Crippen molar-refractivity contribution in [3.8, 4) is 5.75 Å². The van der Waals surface area contributed by atoms with Crippen molar-refractivity contribution in [3.63, 3.8) is 0 Å². The number of hydrogen-bond acceptors (Lipinski definition) is 2. The normalized spacial score (nSPS) is 20.1. The summed E-state index contributed by atoms with van der Waals surface area (Å²) >= 11 is 3.46. The third-order valence-electron chi connectivity index (χ3n) is 2.93. The molecule has 16 heavy (non-hydrogen) atoms. The van der Waals surface area contributed by atoms with E-state index in [1.807, 2.05) is 0 Å². The Kier molecular flexibility index (Phi) is 3.82. The second-order valence-electron chi connectivity index (χ2n) is 4.08. The summed E-state index contributed by atoms with van der Waals surface area (Å²) in [6, 6.07) is 3.44. The maximum atomic E-state index is 13.3. The summed E-state index contributed by atoms with van der Waals surface area (Å²) in [6.45, 7) is 1.06. The van der Waals surface area contributed by atoms with Crippen LogP contribution in [0.2, 0.25) is 0 Å². The van der Waals surface area contributed by atoms with E-state index in [1.165, 1.54) is 12.5 Å². The van der Waals surface area contributed by atoms with Gasteiger partial charge in [0.15, 0.2) is 0 Å². The Morgan fingerprint density at radius 1 is 1.56 bits per heavy atom. The predicted molar refractivity (Wildman–Crippen MR) is 65.4 cm³/mol. The average Bonchev–Trinajstić information content (AvgIpc) is 2.75. The fourth-order valence-corrected chi connectivity index (χ4v) is 2.66. The number of rotatable bonds is 3. The zero-order valence-electron chi connectivity index (χ0n) is 9.22. The molecule has 1 unspecified atom stereocenters. The van der Waals surface area contributed by atoms with Crippen LogP contribution in [0.1, 0.15) is 18.4 Å². The Morgan fingerprint density at radius 3 is 3.00 bits per heavy atom. The smallest absolute Gasteiger partial charge is 0.136 e. The highest BCUT2D eigenvalue weighted by molar-refractivity contribution is 9.10. The fourth-order valence-electron chi connectivity index (χ4n) is 2.11. The predicted octanol–water partition coefficient (Wildman–Crippen LogP) is 2.89. The zero-order chi connectivity index (χ0) is 11.5. The third kappa shape index (κ3) is 2.55. The van der Waals surface area contributed by atoms with E-state index >= 15 is 0 Å². The van der Waals surface area contributed by atoms with Gasteiger partial charge in [0.05, 0.1) is 11.6 Å². The lowest BCUT2D eigenvalue weighted by Crippen LogP contribution is -2.23. The molecule has 1 saturated heterocycles. The van der Waals surface area contributed by atoms with Gasteiger partial charge >= 0.3 is 0 Å². The maximum absolute atomic E-state index is 13.3. The lowest BCUT2D eigenvalue weighted by Gasteiger charge is -2.13. The van der Waals surface area contributed by atoms with Crippen molar-refractivity contribution >= 4 is 15.9 Å². The van der Waals surface area contributed by atoms with E-state index < -0.39 is 0 Å². The molecule has 1 aliphatic rings. The molecule has 0 bridgehead atoms. The van der Waals surface area contributed by atoms with Gasteiger partial charge in [0.2, 0.25) is 0 Å². The highest BCUT2D eigenvalue weighted by Crippen LogP contribution is 2.31. The van der Waals surface area contributed by atoms with Crippen molar-refractivity contribution < 1.29 is 9.13 Å².